The lowest BCUT2D eigenvalue weighted by atomic mass is 10.3. The van der Waals surface area contributed by atoms with E-state index in [9.17, 15) is 13.2 Å². The van der Waals surface area contributed by atoms with Crippen molar-refractivity contribution < 1.29 is 17.9 Å². The number of nitrogens with zero attached hydrogens (tertiary/aromatic N) is 1. The molecule has 0 unspecified atom stereocenters. The second-order valence-corrected chi connectivity index (χ2v) is 6.75. The van der Waals surface area contributed by atoms with E-state index in [0.717, 1.165) is 4.88 Å². The summed E-state index contributed by atoms with van der Waals surface area (Å²) >= 11 is 1.17. The minimum Gasteiger partial charge on any atom is -0.462 e. The number of nitrogens with one attached hydrogen (secondary N) is 2. The van der Waals surface area contributed by atoms with E-state index in [1.807, 2.05) is 0 Å². The summed E-state index contributed by atoms with van der Waals surface area (Å²) in [6.07, 6.45) is 2.45. The van der Waals surface area contributed by atoms with Crippen molar-refractivity contribution >= 4 is 32.3 Å². The standard InChI is InChI=1S/C11H13N3O4S2/c1-3-18-11(15)8-4-7(2)19-10(8)14-20(16,17)9-5-12-6-13-9/h4-6,14H,3H2,1-2H3,(H,12,13). The summed E-state index contributed by atoms with van der Waals surface area (Å²) in [6.45, 7) is 3.69. The van der Waals surface area contributed by atoms with Crippen LogP contribution in [0.4, 0.5) is 5.00 Å². The number of rotatable bonds is 5. The fourth-order valence-corrected chi connectivity index (χ4v) is 3.64. The van der Waals surface area contributed by atoms with Crippen molar-refractivity contribution in [2.24, 2.45) is 0 Å². The number of sulfonamides is 1. The highest BCUT2D eigenvalue weighted by Crippen LogP contribution is 2.30. The van der Waals surface area contributed by atoms with Crippen LogP contribution in [0.5, 0.6) is 0 Å². The average molecular weight is 315 g/mol. The van der Waals surface area contributed by atoms with Gasteiger partial charge in [-0.2, -0.15) is 8.42 Å². The predicted octanol–water partition coefficient (Wildman–Crippen LogP) is 1.76. The number of thiophene rings is 1. The summed E-state index contributed by atoms with van der Waals surface area (Å²) in [5.74, 6) is -0.556. The van der Waals surface area contributed by atoms with E-state index in [1.165, 1.54) is 23.9 Å². The third-order valence-electron chi connectivity index (χ3n) is 2.34. The molecular weight excluding hydrogens is 302 g/mol. The molecule has 0 aliphatic heterocycles. The van der Waals surface area contributed by atoms with Gasteiger partial charge >= 0.3 is 5.97 Å². The molecule has 0 saturated heterocycles. The van der Waals surface area contributed by atoms with Crippen LogP contribution in [0.15, 0.2) is 23.6 Å². The van der Waals surface area contributed by atoms with Crippen molar-refractivity contribution in [1.82, 2.24) is 9.97 Å². The lowest BCUT2D eigenvalue weighted by Crippen LogP contribution is -2.15. The van der Waals surface area contributed by atoms with Crippen molar-refractivity contribution in [3.63, 3.8) is 0 Å². The minimum absolute atomic E-state index is 0.0710. The normalized spacial score (nSPS) is 11.3. The Bertz CT molecular complexity index is 704. The molecule has 20 heavy (non-hydrogen) atoms. The lowest BCUT2D eigenvalue weighted by Gasteiger charge is -2.06. The van der Waals surface area contributed by atoms with Gasteiger partial charge in [-0.05, 0) is 19.9 Å². The third-order valence-corrected chi connectivity index (χ3v) is 4.71. The second kappa shape index (κ2) is 5.63. The highest BCUT2D eigenvalue weighted by atomic mass is 32.2. The first kappa shape index (κ1) is 14.5. The van der Waals surface area contributed by atoms with E-state index in [2.05, 4.69) is 14.7 Å². The molecular formula is C11H13N3O4S2. The largest absolute Gasteiger partial charge is 0.462 e. The van der Waals surface area contributed by atoms with Crippen LogP contribution < -0.4 is 4.72 Å². The van der Waals surface area contributed by atoms with Gasteiger partial charge in [0.2, 0.25) is 0 Å². The summed E-state index contributed by atoms with van der Waals surface area (Å²) in [7, 11) is -3.79. The number of H-pyrrole nitrogens is 1. The number of ether oxygens (including phenoxy) is 1. The first-order valence-electron chi connectivity index (χ1n) is 5.72. The Morgan fingerprint density at radius 3 is 2.90 bits per heavy atom. The van der Waals surface area contributed by atoms with Crippen molar-refractivity contribution in [3.05, 3.63) is 29.0 Å². The zero-order valence-electron chi connectivity index (χ0n) is 10.8. The number of anilines is 1. The van der Waals surface area contributed by atoms with Crippen LogP contribution in [-0.2, 0) is 14.8 Å². The summed E-state index contributed by atoms with van der Waals surface area (Å²) in [5.41, 5.74) is 0.206. The lowest BCUT2D eigenvalue weighted by molar-refractivity contribution is 0.0528. The maximum atomic E-state index is 12.1. The molecule has 2 N–H and O–H groups in total. The van der Waals surface area contributed by atoms with Crippen LogP contribution >= 0.6 is 11.3 Å². The van der Waals surface area contributed by atoms with E-state index in [0.29, 0.717) is 0 Å². The monoisotopic (exact) mass is 315 g/mol. The Balaban J connectivity index is 2.32. The molecule has 0 aromatic carbocycles. The molecule has 7 nitrogen and oxygen atoms in total. The van der Waals surface area contributed by atoms with Gasteiger partial charge in [-0.15, -0.1) is 11.3 Å². The van der Waals surface area contributed by atoms with Crippen LogP contribution in [0.1, 0.15) is 22.2 Å². The Morgan fingerprint density at radius 2 is 2.30 bits per heavy atom. The number of aromatic nitrogens is 2. The van der Waals surface area contributed by atoms with Gasteiger partial charge in [0, 0.05) is 4.88 Å². The van der Waals surface area contributed by atoms with Gasteiger partial charge in [-0.1, -0.05) is 0 Å². The molecule has 0 amide bonds. The van der Waals surface area contributed by atoms with Gasteiger partial charge in [0.05, 0.1) is 24.7 Å². The molecule has 2 rings (SSSR count). The van der Waals surface area contributed by atoms with E-state index in [4.69, 9.17) is 4.74 Å². The molecule has 108 valence electrons. The van der Waals surface area contributed by atoms with E-state index in [1.54, 1.807) is 19.9 Å². The summed E-state index contributed by atoms with van der Waals surface area (Å²) in [5, 5.41) is 0.161. The van der Waals surface area contributed by atoms with Crippen LogP contribution in [0.25, 0.3) is 0 Å². The number of aromatic amines is 1. The smallest absolute Gasteiger partial charge is 0.341 e. The van der Waals surface area contributed by atoms with Crippen LogP contribution in [0.2, 0.25) is 0 Å². The zero-order valence-corrected chi connectivity index (χ0v) is 12.5. The van der Waals surface area contributed by atoms with Crippen molar-refractivity contribution in [1.29, 1.82) is 0 Å². The number of carbonyl (C=O) groups is 1. The molecule has 0 atom stereocenters. The van der Waals surface area contributed by atoms with Crippen LogP contribution in [-0.4, -0.2) is 31.0 Å². The Morgan fingerprint density at radius 1 is 1.55 bits per heavy atom. The summed E-state index contributed by atoms with van der Waals surface area (Å²) < 4.78 is 31.4. The average Bonchev–Trinajstić information content (AvgIpc) is 2.98. The second-order valence-electron chi connectivity index (χ2n) is 3.84. The molecule has 0 aliphatic carbocycles. The quantitative estimate of drug-likeness (QED) is 0.819. The molecule has 0 spiro atoms. The molecule has 0 radical (unpaired) electrons. The zero-order chi connectivity index (χ0) is 14.8. The number of imidazole rings is 1. The maximum Gasteiger partial charge on any atom is 0.341 e. The van der Waals surface area contributed by atoms with E-state index >= 15 is 0 Å². The first-order valence-corrected chi connectivity index (χ1v) is 8.02. The molecule has 2 aromatic rings. The highest BCUT2D eigenvalue weighted by Gasteiger charge is 2.22. The Labute approximate surface area is 120 Å². The predicted molar refractivity (Wildman–Crippen MR) is 74.4 cm³/mol. The van der Waals surface area contributed by atoms with Crippen LogP contribution in [0.3, 0.4) is 0 Å². The molecule has 0 fully saturated rings. The van der Waals surface area contributed by atoms with E-state index in [-0.39, 0.29) is 22.2 Å². The first-order chi connectivity index (χ1) is 9.44. The van der Waals surface area contributed by atoms with Crippen molar-refractivity contribution in [2.45, 2.75) is 18.9 Å². The fraction of sp³-hybridized carbons (Fsp3) is 0.273. The van der Waals surface area contributed by atoms with Gasteiger partial charge in [-0.25, -0.2) is 9.78 Å². The Hall–Kier alpha value is -1.87. The topological polar surface area (TPSA) is 101 Å². The van der Waals surface area contributed by atoms with Gasteiger partial charge < -0.3 is 9.72 Å². The van der Waals surface area contributed by atoms with Gasteiger partial charge in [0.25, 0.3) is 10.0 Å². The minimum atomic E-state index is -3.79. The van der Waals surface area contributed by atoms with Crippen molar-refractivity contribution in [3.8, 4) is 0 Å². The molecule has 2 heterocycles. The fourth-order valence-electron chi connectivity index (χ4n) is 1.52. The third kappa shape index (κ3) is 2.99. The number of carbonyl (C=O) groups excluding carboxylic acids is 1. The van der Waals surface area contributed by atoms with Crippen molar-refractivity contribution in [2.75, 3.05) is 11.3 Å². The molecule has 0 saturated carbocycles. The van der Waals surface area contributed by atoms with Gasteiger partial charge in [-0.3, -0.25) is 4.72 Å². The summed E-state index contributed by atoms with van der Waals surface area (Å²) in [4.78, 5) is 18.7. The molecule has 2 aromatic heterocycles. The molecule has 0 aliphatic rings. The molecule has 0 bridgehead atoms. The number of hydrogen-bond donors (Lipinski definition) is 2. The van der Waals surface area contributed by atoms with Crippen LogP contribution in [0, 0.1) is 6.92 Å². The highest BCUT2D eigenvalue weighted by molar-refractivity contribution is 7.92. The van der Waals surface area contributed by atoms with Gasteiger partial charge in [0.15, 0.2) is 5.03 Å². The maximum absolute atomic E-state index is 12.1. The SMILES string of the molecule is CCOC(=O)c1cc(C)sc1NS(=O)(=O)c1cnc[nH]1. The number of hydrogen-bond acceptors (Lipinski definition) is 6. The van der Waals surface area contributed by atoms with Gasteiger partial charge in [0.1, 0.15) is 5.00 Å². The van der Waals surface area contributed by atoms with E-state index < -0.39 is 16.0 Å². The molecule has 9 heteroatoms. The number of esters is 1. The summed E-state index contributed by atoms with van der Waals surface area (Å²) in [6, 6.07) is 1.59. The number of aryl methyl sites for hydroxylation is 1. The Kier molecular flexibility index (Phi) is 4.09.